The third kappa shape index (κ3) is 2.91. The summed E-state index contributed by atoms with van der Waals surface area (Å²) in [6.45, 7) is 1.77. The molecular formula is C7H12N2O3S2. The van der Waals surface area contributed by atoms with E-state index in [2.05, 4.69) is 10.6 Å². The molecule has 14 heavy (non-hydrogen) atoms. The lowest BCUT2D eigenvalue weighted by Gasteiger charge is -2.24. The minimum absolute atomic E-state index is 0.0562. The van der Waals surface area contributed by atoms with Gasteiger partial charge in [-0.3, -0.25) is 4.79 Å². The van der Waals surface area contributed by atoms with E-state index in [9.17, 15) is 13.2 Å². The Kier molecular flexibility index (Phi) is 3.10. The summed E-state index contributed by atoms with van der Waals surface area (Å²) in [4.78, 5) is 10.1. The Bertz CT molecular complexity index is 352. The number of rotatable bonds is 2. The van der Waals surface area contributed by atoms with Gasteiger partial charge in [0.05, 0.1) is 17.0 Å². The maximum absolute atomic E-state index is 11.2. The fraction of sp³-hybridized carbons (Fsp3) is 0.714. The molecule has 1 aliphatic rings. The van der Waals surface area contributed by atoms with Crippen LogP contribution in [0.25, 0.3) is 0 Å². The maximum atomic E-state index is 11.2. The van der Waals surface area contributed by atoms with Gasteiger partial charge in [0.25, 0.3) is 0 Å². The number of carbonyl (C=O) groups excluding carboxylic acids is 1. The highest BCUT2D eigenvalue weighted by atomic mass is 32.2. The molecule has 0 bridgehead atoms. The van der Waals surface area contributed by atoms with Crippen LogP contribution in [0.2, 0.25) is 0 Å². The first-order chi connectivity index (χ1) is 6.37. The fourth-order valence-corrected chi connectivity index (χ4v) is 3.86. The molecule has 0 radical (unpaired) electrons. The van der Waals surface area contributed by atoms with Crippen molar-refractivity contribution in [2.75, 3.05) is 11.5 Å². The number of carbonyl (C=O) groups is 1. The molecule has 0 spiro atoms. The summed E-state index contributed by atoms with van der Waals surface area (Å²) in [5, 5.41) is 5.26. The summed E-state index contributed by atoms with van der Waals surface area (Å²) in [7, 11) is -2.95. The van der Waals surface area contributed by atoms with Gasteiger partial charge >= 0.3 is 0 Å². The number of thiocarbonyl (C=S) groups is 1. The number of hydrogen-bond donors (Lipinski definition) is 2. The molecule has 0 aromatic heterocycles. The molecule has 1 aliphatic heterocycles. The molecule has 5 nitrogen and oxygen atoms in total. The van der Waals surface area contributed by atoms with Gasteiger partial charge in [0.15, 0.2) is 14.9 Å². The third-order valence-electron chi connectivity index (χ3n) is 2.11. The van der Waals surface area contributed by atoms with Gasteiger partial charge in [-0.15, -0.1) is 0 Å². The van der Waals surface area contributed by atoms with Crippen molar-refractivity contribution in [2.45, 2.75) is 18.9 Å². The molecule has 1 fully saturated rings. The first-order valence-electron chi connectivity index (χ1n) is 4.10. The second-order valence-corrected chi connectivity index (χ2v) is 6.21. The van der Waals surface area contributed by atoms with Gasteiger partial charge < -0.3 is 10.6 Å². The molecule has 0 aromatic rings. The van der Waals surface area contributed by atoms with Gasteiger partial charge in [-0.05, 0) is 25.6 Å². The van der Waals surface area contributed by atoms with Gasteiger partial charge in [-0.2, -0.15) is 0 Å². The van der Waals surface area contributed by atoms with Gasteiger partial charge in [0.2, 0.25) is 6.41 Å². The van der Waals surface area contributed by atoms with Crippen LogP contribution in [-0.4, -0.2) is 37.0 Å². The number of amides is 1. The molecule has 1 rings (SSSR count). The Morgan fingerprint density at radius 1 is 1.57 bits per heavy atom. The van der Waals surface area contributed by atoms with Crippen LogP contribution in [0.5, 0.6) is 0 Å². The van der Waals surface area contributed by atoms with Crippen molar-refractivity contribution < 1.29 is 13.2 Å². The summed E-state index contributed by atoms with van der Waals surface area (Å²) in [5.74, 6) is 0.223. The standard InChI is InChI=1S/C7H12N2O3S2/c1-7(9-6(13)8-5-10)2-3-14(11,12)4-7/h5H,2-4H2,1H3,(H2,8,9,10,13)/t7-/m0/s1. The smallest absolute Gasteiger partial charge is 0.213 e. The lowest BCUT2D eigenvalue weighted by atomic mass is 10.0. The largest absolute Gasteiger partial charge is 0.356 e. The molecule has 80 valence electrons. The summed E-state index contributed by atoms with van der Waals surface area (Å²) in [6.07, 6.45) is 0.970. The second kappa shape index (κ2) is 3.82. The first-order valence-corrected chi connectivity index (χ1v) is 6.33. The molecule has 1 heterocycles. The predicted molar refractivity (Wildman–Crippen MR) is 56.6 cm³/mol. The molecule has 0 aromatic carbocycles. The van der Waals surface area contributed by atoms with E-state index < -0.39 is 15.4 Å². The van der Waals surface area contributed by atoms with Crippen LogP contribution in [0.15, 0.2) is 0 Å². The lowest BCUT2D eigenvalue weighted by Crippen LogP contribution is -2.50. The lowest BCUT2D eigenvalue weighted by molar-refractivity contribution is -0.108. The van der Waals surface area contributed by atoms with Crippen LogP contribution in [0.1, 0.15) is 13.3 Å². The van der Waals surface area contributed by atoms with E-state index >= 15 is 0 Å². The highest BCUT2D eigenvalue weighted by molar-refractivity contribution is 7.91. The molecule has 0 unspecified atom stereocenters. The van der Waals surface area contributed by atoms with Crippen LogP contribution < -0.4 is 10.6 Å². The topological polar surface area (TPSA) is 75.3 Å². The second-order valence-electron chi connectivity index (χ2n) is 3.62. The van der Waals surface area contributed by atoms with Crippen molar-refractivity contribution in [3.05, 3.63) is 0 Å². The third-order valence-corrected chi connectivity index (χ3v) is 4.23. The fourth-order valence-electron chi connectivity index (χ4n) is 1.47. The van der Waals surface area contributed by atoms with E-state index in [1.807, 2.05) is 0 Å². The van der Waals surface area contributed by atoms with E-state index in [0.717, 1.165) is 0 Å². The van der Waals surface area contributed by atoms with Gasteiger partial charge in [-0.25, -0.2) is 8.42 Å². The molecule has 0 saturated carbocycles. The van der Waals surface area contributed by atoms with Crippen molar-refractivity contribution in [2.24, 2.45) is 0 Å². The monoisotopic (exact) mass is 236 g/mol. The zero-order valence-corrected chi connectivity index (χ0v) is 9.37. The SMILES string of the molecule is C[C@]1(NC(=S)NC=O)CCS(=O)(=O)C1. The van der Waals surface area contributed by atoms with Crippen molar-refractivity contribution in [3.63, 3.8) is 0 Å². The zero-order chi connectivity index (χ0) is 10.8. The van der Waals surface area contributed by atoms with E-state index in [-0.39, 0.29) is 16.6 Å². The summed E-state index contributed by atoms with van der Waals surface area (Å²) in [6, 6.07) is 0. The summed E-state index contributed by atoms with van der Waals surface area (Å²) in [5.41, 5.74) is -0.550. The maximum Gasteiger partial charge on any atom is 0.213 e. The van der Waals surface area contributed by atoms with Crippen molar-refractivity contribution in [1.82, 2.24) is 10.6 Å². The molecule has 1 amide bonds. The van der Waals surface area contributed by atoms with Crippen LogP contribution >= 0.6 is 12.2 Å². The average Bonchev–Trinajstić information content (AvgIpc) is 2.25. The molecule has 2 N–H and O–H groups in total. The van der Waals surface area contributed by atoms with Crippen LogP contribution in [0, 0.1) is 0 Å². The quantitative estimate of drug-likeness (QED) is 0.484. The Morgan fingerprint density at radius 3 is 2.64 bits per heavy atom. The zero-order valence-electron chi connectivity index (χ0n) is 7.74. The molecule has 0 aliphatic carbocycles. The molecule has 1 saturated heterocycles. The molecular weight excluding hydrogens is 224 g/mol. The van der Waals surface area contributed by atoms with E-state index in [0.29, 0.717) is 12.8 Å². The van der Waals surface area contributed by atoms with E-state index in [4.69, 9.17) is 12.2 Å². The minimum Gasteiger partial charge on any atom is -0.356 e. The molecule has 7 heteroatoms. The van der Waals surface area contributed by atoms with Crippen molar-refractivity contribution >= 4 is 33.6 Å². The van der Waals surface area contributed by atoms with Crippen molar-refractivity contribution in [1.29, 1.82) is 0 Å². The van der Waals surface area contributed by atoms with Crippen LogP contribution in [0.3, 0.4) is 0 Å². The van der Waals surface area contributed by atoms with E-state index in [1.165, 1.54) is 0 Å². The van der Waals surface area contributed by atoms with Crippen LogP contribution in [-0.2, 0) is 14.6 Å². The van der Waals surface area contributed by atoms with E-state index in [1.54, 1.807) is 6.92 Å². The van der Waals surface area contributed by atoms with Gasteiger partial charge in [0, 0.05) is 0 Å². The highest BCUT2D eigenvalue weighted by Crippen LogP contribution is 2.22. The van der Waals surface area contributed by atoms with Crippen LogP contribution in [0.4, 0.5) is 0 Å². The first kappa shape index (κ1) is 11.4. The Hall–Kier alpha value is -0.690. The number of hydrogen-bond acceptors (Lipinski definition) is 4. The highest BCUT2D eigenvalue weighted by Gasteiger charge is 2.38. The number of sulfone groups is 1. The normalized spacial score (nSPS) is 29.5. The van der Waals surface area contributed by atoms with Crippen molar-refractivity contribution in [3.8, 4) is 0 Å². The Morgan fingerprint density at radius 2 is 2.21 bits per heavy atom. The number of nitrogens with one attached hydrogen (secondary N) is 2. The molecule has 1 atom stereocenters. The summed E-state index contributed by atoms with van der Waals surface area (Å²) >= 11 is 4.79. The predicted octanol–water partition coefficient (Wildman–Crippen LogP) is -0.816. The summed E-state index contributed by atoms with van der Waals surface area (Å²) < 4.78 is 22.4. The average molecular weight is 236 g/mol. The Labute approximate surface area is 88.2 Å². The van der Waals surface area contributed by atoms with Gasteiger partial charge in [0.1, 0.15) is 0 Å². The van der Waals surface area contributed by atoms with Gasteiger partial charge in [-0.1, -0.05) is 0 Å². The Balaban J connectivity index is 2.61. The minimum atomic E-state index is -2.95.